The zero-order valence-corrected chi connectivity index (χ0v) is 19.4. The SMILES string of the molecule is CCn1c2ccccc2c2cc(NC(=O)CCSc3nc4ccccc4c(=O)n3C)ccc21. The Kier molecular flexibility index (Phi) is 5.64. The summed E-state index contributed by atoms with van der Waals surface area (Å²) in [6.45, 7) is 3.03. The third-order valence-electron chi connectivity index (χ3n) is 5.87. The number of fused-ring (bicyclic) bond motifs is 4. The van der Waals surface area contributed by atoms with E-state index in [1.54, 1.807) is 17.7 Å². The quantitative estimate of drug-likeness (QED) is 0.282. The molecule has 166 valence electrons. The van der Waals surface area contributed by atoms with Crippen LogP contribution >= 0.6 is 11.8 Å². The molecule has 0 spiro atoms. The maximum Gasteiger partial charge on any atom is 0.261 e. The normalized spacial score (nSPS) is 11.5. The fourth-order valence-corrected chi connectivity index (χ4v) is 5.17. The molecule has 3 aromatic carbocycles. The highest BCUT2D eigenvalue weighted by Crippen LogP contribution is 2.31. The van der Waals surface area contributed by atoms with Gasteiger partial charge < -0.3 is 9.88 Å². The molecule has 0 aliphatic heterocycles. The third-order valence-corrected chi connectivity index (χ3v) is 6.91. The van der Waals surface area contributed by atoms with Gasteiger partial charge in [0, 0.05) is 53.3 Å². The highest BCUT2D eigenvalue weighted by Gasteiger charge is 2.12. The van der Waals surface area contributed by atoms with Crippen LogP contribution in [0.3, 0.4) is 0 Å². The predicted octanol–water partition coefficient (Wildman–Crippen LogP) is 5.18. The summed E-state index contributed by atoms with van der Waals surface area (Å²) in [5, 5.41) is 6.55. The van der Waals surface area contributed by atoms with Crippen LogP contribution in [0.25, 0.3) is 32.7 Å². The van der Waals surface area contributed by atoms with Crippen molar-refractivity contribution in [2.24, 2.45) is 7.05 Å². The minimum atomic E-state index is -0.0768. The molecule has 6 nitrogen and oxygen atoms in total. The highest BCUT2D eigenvalue weighted by atomic mass is 32.2. The van der Waals surface area contributed by atoms with E-state index in [0.29, 0.717) is 28.2 Å². The molecule has 0 radical (unpaired) electrons. The van der Waals surface area contributed by atoms with E-state index < -0.39 is 0 Å². The van der Waals surface area contributed by atoms with Crippen molar-refractivity contribution >= 4 is 56.1 Å². The Morgan fingerprint density at radius 2 is 1.70 bits per heavy atom. The predicted molar refractivity (Wildman–Crippen MR) is 136 cm³/mol. The number of para-hydroxylation sites is 2. The van der Waals surface area contributed by atoms with Crippen molar-refractivity contribution < 1.29 is 4.79 Å². The number of thioether (sulfide) groups is 1. The Morgan fingerprint density at radius 3 is 2.52 bits per heavy atom. The van der Waals surface area contributed by atoms with E-state index in [-0.39, 0.29) is 11.5 Å². The van der Waals surface area contributed by atoms with E-state index in [9.17, 15) is 9.59 Å². The molecular formula is C26H24N4O2S. The molecule has 5 aromatic rings. The number of anilines is 1. The molecule has 5 rings (SSSR count). The molecule has 0 unspecified atom stereocenters. The first kappa shape index (κ1) is 21.3. The Balaban J connectivity index is 1.30. The van der Waals surface area contributed by atoms with Crippen LogP contribution in [0.1, 0.15) is 13.3 Å². The van der Waals surface area contributed by atoms with Crippen LogP contribution in [-0.2, 0) is 18.4 Å². The summed E-state index contributed by atoms with van der Waals surface area (Å²) in [5.41, 5.74) is 3.74. The van der Waals surface area contributed by atoms with Gasteiger partial charge in [-0.15, -0.1) is 0 Å². The first-order valence-corrected chi connectivity index (χ1v) is 11.9. The number of amides is 1. The molecule has 1 amide bonds. The fraction of sp³-hybridized carbons (Fsp3) is 0.192. The van der Waals surface area contributed by atoms with Gasteiger partial charge in [0.1, 0.15) is 0 Å². The number of hydrogen-bond acceptors (Lipinski definition) is 4. The van der Waals surface area contributed by atoms with Gasteiger partial charge in [-0.2, -0.15) is 0 Å². The van der Waals surface area contributed by atoms with Crippen LogP contribution in [0.4, 0.5) is 5.69 Å². The molecule has 0 aliphatic carbocycles. The summed E-state index contributed by atoms with van der Waals surface area (Å²) < 4.78 is 3.83. The number of carbonyl (C=O) groups is 1. The summed E-state index contributed by atoms with van der Waals surface area (Å²) in [4.78, 5) is 29.7. The maximum atomic E-state index is 12.6. The molecule has 7 heteroatoms. The number of benzene rings is 3. The summed E-state index contributed by atoms with van der Waals surface area (Å²) in [6.07, 6.45) is 0.322. The Labute approximate surface area is 195 Å². The summed E-state index contributed by atoms with van der Waals surface area (Å²) in [5.74, 6) is 0.467. The number of nitrogens with one attached hydrogen (secondary N) is 1. The topological polar surface area (TPSA) is 68.9 Å². The lowest BCUT2D eigenvalue weighted by Gasteiger charge is -2.09. The lowest BCUT2D eigenvalue weighted by atomic mass is 10.1. The molecule has 0 bridgehead atoms. The zero-order valence-electron chi connectivity index (χ0n) is 18.5. The number of carbonyl (C=O) groups excluding carboxylic acids is 1. The van der Waals surface area contributed by atoms with Crippen molar-refractivity contribution in [1.82, 2.24) is 14.1 Å². The van der Waals surface area contributed by atoms with Gasteiger partial charge in [0.15, 0.2) is 5.16 Å². The highest BCUT2D eigenvalue weighted by molar-refractivity contribution is 7.99. The van der Waals surface area contributed by atoms with Gasteiger partial charge in [-0.25, -0.2) is 4.98 Å². The lowest BCUT2D eigenvalue weighted by molar-refractivity contribution is -0.115. The van der Waals surface area contributed by atoms with Gasteiger partial charge in [0.2, 0.25) is 5.91 Å². The van der Waals surface area contributed by atoms with Gasteiger partial charge >= 0.3 is 0 Å². The lowest BCUT2D eigenvalue weighted by Crippen LogP contribution is -2.20. The monoisotopic (exact) mass is 456 g/mol. The largest absolute Gasteiger partial charge is 0.341 e. The molecule has 0 aliphatic rings. The van der Waals surface area contributed by atoms with E-state index in [0.717, 1.165) is 23.1 Å². The summed E-state index contributed by atoms with van der Waals surface area (Å²) in [7, 11) is 1.71. The number of aryl methyl sites for hydroxylation is 1. The van der Waals surface area contributed by atoms with Crippen LogP contribution in [-0.4, -0.2) is 25.8 Å². The molecule has 2 heterocycles. The minimum Gasteiger partial charge on any atom is -0.341 e. The van der Waals surface area contributed by atoms with Crippen LogP contribution in [0, 0.1) is 0 Å². The number of aromatic nitrogens is 3. The molecule has 0 saturated carbocycles. The van der Waals surface area contributed by atoms with Crippen molar-refractivity contribution in [2.75, 3.05) is 11.1 Å². The van der Waals surface area contributed by atoms with Gasteiger partial charge in [-0.05, 0) is 43.3 Å². The number of nitrogens with zero attached hydrogens (tertiary/aromatic N) is 3. The second kappa shape index (κ2) is 8.75. The third kappa shape index (κ3) is 3.89. The van der Waals surface area contributed by atoms with Crippen LogP contribution < -0.4 is 10.9 Å². The van der Waals surface area contributed by atoms with Crippen LogP contribution in [0.5, 0.6) is 0 Å². The zero-order chi connectivity index (χ0) is 22.9. The first-order valence-electron chi connectivity index (χ1n) is 11.0. The second-order valence-corrected chi connectivity index (χ2v) is 8.98. The summed E-state index contributed by atoms with van der Waals surface area (Å²) in [6, 6.07) is 21.7. The van der Waals surface area contributed by atoms with E-state index in [1.165, 1.54) is 22.7 Å². The van der Waals surface area contributed by atoms with Crippen molar-refractivity contribution in [3.8, 4) is 0 Å². The smallest absolute Gasteiger partial charge is 0.261 e. The Bertz CT molecular complexity index is 1570. The molecular weight excluding hydrogens is 432 g/mol. The van der Waals surface area contributed by atoms with Gasteiger partial charge in [-0.3, -0.25) is 14.2 Å². The van der Waals surface area contributed by atoms with Crippen molar-refractivity contribution in [2.45, 2.75) is 25.0 Å². The average Bonchev–Trinajstić information content (AvgIpc) is 3.15. The van der Waals surface area contributed by atoms with E-state index >= 15 is 0 Å². The van der Waals surface area contributed by atoms with Crippen LogP contribution in [0.2, 0.25) is 0 Å². The van der Waals surface area contributed by atoms with E-state index in [1.807, 2.05) is 42.5 Å². The van der Waals surface area contributed by atoms with Gasteiger partial charge in [0.05, 0.1) is 10.9 Å². The molecule has 0 atom stereocenters. The number of hydrogen-bond donors (Lipinski definition) is 1. The van der Waals surface area contributed by atoms with Crippen LogP contribution in [0.15, 0.2) is 76.7 Å². The van der Waals surface area contributed by atoms with E-state index in [4.69, 9.17) is 0 Å². The van der Waals surface area contributed by atoms with Gasteiger partial charge in [-0.1, -0.05) is 42.1 Å². The number of rotatable bonds is 6. The van der Waals surface area contributed by atoms with Crippen molar-refractivity contribution in [3.63, 3.8) is 0 Å². The van der Waals surface area contributed by atoms with Crippen molar-refractivity contribution in [1.29, 1.82) is 0 Å². The minimum absolute atomic E-state index is 0.0631. The molecule has 0 saturated heterocycles. The first-order chi connectivity index (χ1) is 16.1. The standard InChI is InChI=1S/C26H24N4O2S/c1-3-30-22-11-7-5-8-18(22)20-16-17(12-13-23(20)30)27-24(31)14-15-33-26-28-21-10-6-4-9-19(21)25(32)29(26)2/h4-13,16H,3,14-15H2,1-2H3,(H,27,31). The molecule has 1 N–H and O–H groups in total. The van der Waals surface area contributed by atoms with E-state index in [2.05, 4.69) is 40.0 Å². The molecule has 2 aromatic heterocycles. The molecule has 33 heavy (non-hydrogen) atoms. The fourth-order valence-electron chi connectivity index (χ4n) is 4.26. The maximum absolute atomic E-state index is 12.6. The van der Waals surface area contributed by atoms with Crippen molar-refractivity contribution in [3.05, 3.63) is 77.1 Å². The second-order valence-electron chi connectivity index (χ2n) is 7.92. The Hall–Kier alpha value is -3.58. The average molecular weight is 457 g/mol. The summed E-state index contributed by atoms with van der Waals surface area (Å²) >= 11 is 1.41. The Morgan fingerprint density at radius 1 is 0.970 bits per heavy atom. The molecule has 0 fully saturated rings. The van der Waals surface area contributed by atoms with Gasteiger partial charge in [0.25, 0.3) is 5.56 Å².